The van der Waals surface area contributed by atoms with Gasteiger partial charge in [0.05, 0.1) is 12.6 Å². The largest absolute Gasteiger partial charge is 0.497 e. The van der Waals surface area contributed by atoms with E-state index in [2.05, 4.69) is 25.7 Å². The number of benzene rings is 1. The first-order valence-corrected chi connectivity index (χ1v) is 9.92. The Labute approximate surface area is 145 Å². The Morgan fingerprint density at radius 3 is 2.54 bits per heavy atom. The number of methoxy groups -OCH3 is 1. The molecule has 1 aromatic rings. The van der Waals surface area contributed by atoms with E-state index < -0.39 is 10.1 Å². The summed E-state index contributed by atoms with van der Waals surface area (Å²) in [4.78, 5) is 2.29. The van der Waals surface area contributed by atoms with Gasteiger partial charge in [0, 0.05) is 23.9 Å². The van der Waals surface area contributed by atoms with E-state index >= 15 is 0 Å². The number of fused-ring (bicyclic) bond motifs is 1. The predicted octanol–water partition coefficient (Wildman–Crippen LogP) is 3.76. The Balaban J connectivity index is 2.50. The van der Waals surface area contributed by atoms with E-state index in [1.54, 1.807) is 7.11 Å². The van der Waals surface area contributed by atoms with Crippen molar-refractivity contribution in [1.29, 1.82) is 0 Å². The zero-order chi connectivity index (χ0) is 18.0. The highest BCUT2D eigenvalue weighted by Crippen LogP contribution is 2.41. The molecule has 0 atom stereocenters. The molecule has 1 N–H and O–H groups in total. The maximum atomic E-state index is 11.4. The third-order valence-electron chi connectivity index (χ3n) is 4.39. The summed E-state index contributed by atoms with van der Waals surface area (Å²) in [7, 11) is -2.47. The summed E-state index contributed by atoms with van der Waals surface area (Å²) in [6.45, 7) is 7.18. The fraction of sp³-hybridized carbons (Fsp3) is 0.556. The molecule has 0 saturated carbocycles. The molecule has 1 aromatic carbocycles. The van der Waals surface area contributed by atoms with Gasteiger partial charge < -0.3 is 9.64 Å². The summed E-state index contributed by atoms with van der Waals surface area (Å²) < 4.78 is 37.5. The van der Waals surface area contributed by atoms with E-state index in [0.717, 1.165) is 42.8 Å². The lowest BCUT2D eigenvalue weighted by molar-refractivity contribution is 0.414. The summed E-state index contributed by atoms with van der Waals surface area (Å²) in [5, 5.41) is 0. The smallest absolute Gasteiger partial charge is 0.269 e. The first-order chi connectivity index (χ1) is 11.2. The average Bonchev–Trinajstić information content (AvgIpc) is 2.47. The van der Waals surface area contributed by atoms with Crippen molar-refractivity contribution < 1.29 is 17.7 Å². The van der Waals surface area contributed by atoms with E-state index in [9.17, 15) is 13.0 Å². The van der Waals surface area contributed by atoms with Gasteiger partial charge >= 0.3 is 0 Å². The van der Waals surface area contributed by atoms with Crippen LogP contribution in [0.2, 0.25) is 0 Å². The molecule has 0 saturated heterocycles. The minimum atomic E-state index is -4.09. The fourth-order valence-corrected chi connectivity index (χ4v) is 3.90. The Morgan fingerprint density at radius 1 is 1.25 bits per heavy atom. The van der Waals surface area contributed by atoms with Crippen molar-refractivity contribution in [2.75, 3.05) is 24.3 Å². The van der Waals surface area contributed by atoms with Crippen LogP contribution in [-0.2, 0) is 10.1 Å². The first kappa shape index (κ1) is 18.8. The zero-order valence-corrected chi connectivity index (χ0v) is 15.7. The van der Waals surface area contributed by atoms with Crippen molar-refractivity contribution in [3.63, 3.8) is 0 Å². The van der Waals surface area contributed by atoms with Crippen molar-refractivity contribution >= 4 is 21.4 Å². The maximum absolute atomic E-state index is 11.4. The highest BCUT2D eigenvalue weighted by molar-refractivity contribution is 7.86. The highest BCUT2D eigenvalue weighted by atomic mass is 32.2. The molecule has 1 heterocycles. The number of hydrogen-bond acceptors (Lipinski definition) is 4. The van der Waals surface area contributed by atoms with Gasteiger partial charge in [-0.05, 0) is 38.0 Å². The average molecular weight is 353 g/mol. The van der Waals surface area contributed by atoms with Crippen LogP contribution in [-0.4, -0.2) is 37.9 Å². The van der Waals surface area contributed by atoms with Crippen molar-refractivity contribution in [1.82, 2.24) is 0 Å². The number of hydrogen-bond donors (Lipinski definition) is 1. The fourth-order valence-electron chi connectivity index (χ4n) is 3.27. The number of nitrogens with zero attached hydrogens (tertiary/aromatic N) is 1. The van der Waals surface area contributed by atoms with Gasteiger partial charge in [-0.3, -0.25) is 4.55 Å². The molecule has 24 heavy (non-hydrogen) atoms. The minimum Gasteiger partial charge on any atom is -0.497 e. The van der Waals surface area contributed by atoms with Crippen molar-refractivity contribution in [2.45, 2.75) is 45.6 Å². The molecule has 0 unspecified atom stereocenters. The SMILES string of the molecule is CCCCCN1c2cc(OC)ccc2C(CS(=O)(=O)O)=CC1(C)C. The molecule has 6 heteroatoms. The Bertz CT molecular complexity index is 723. The number of unbranched alkanes of at least 4 members (excludes halogenated alkanes) is 2. The summed E-state index contributed by atoms with van der Waals surface area (Å²) in [5.41, 5.74) is 2.08. The molecule has 0 spiro atoms. The van der Waals surface area contributed by atoms with Crippen molar-refractivity contribution in [3.8, 4) is 5.75 Å². The molecule has 1 aliphatic heterocycles. The van der Waals surface area contributed by atoms with Crippen LogP contribution in [0.3, 0.4) is 0 Å². The van der Waals surface area contributed by atoms with Crippen LogP contribution in [0, 0.1) is 0 Å². The first-order valence-electron chi connectivity index (χ1n) is 8.31. The second-order valence-electron chi connectivity index (χ2n) is 6.79. The number of anilines is 1. The monoisotopic (exact) mass is 353 g/mol. The number of ether oxygens (including phenoxy) is 1. The molecule has 5 nitrogen and oxygen atoms in total. The van der Waals surface area contributed by atoms with Gasteiger partial charge in [0.1, 0.15) is 11.5 Å². The van der Waals surface area contributed by atoms with Gasteiger partial charge in [0.2, 0.25) is 0 Å². The summed E-state index contributed by atoms with van der Waals surface area (Å²) >= 11 is 0. The minimum absolute atomic E-state index is 0.340. The second-order valence-corrected chi connectivity index (χ2v) is 8.24. The summed E-state index contributed by atoms with van der Waals surface area (Å²) in [6.07, 6.45) is 5.30. The van der Waals surface area contributed by atoms with Crippen LogP contribution in [0.15, 0.2) is 24.3 Å². The summed E-state index contributed by atoms with van der Waals surface area (Å²) in [5.74, 6) is 0.358. The lowest BCUT2D eigenvalue weighted by Crippen LogP contribution is -2.46. The van der Waals surface area contributed by atoms with Crippen LogP contribution in [0.25, 0.3) is 5.57 Å². The van der Waals surface area contributed by atoms with Crippen LogP contribution in [0.4, 0.5) is 5.69 Å². The molecule has 0 radical (unpaired) electrons. The van der Waals surface area contributed by atoms with Gasteiger partial charge in [-0.25, -0.2) is 0 Å². The van der Waals surface area contributed by atoms with Crippen LogP contribution < -0.4 is 9.64 Å². The Kier molecular flexibility index (Phi) is 5.60. The molecule has 0 amide bonds. The van der Waals surface area contributed by atoms with Crippen LogP contribution in [0.5, 0.6) is 5.75 Å². The quantitative estimate of drug-likeness (QED) is 0.597. The molecular formula is C18H27NO4S. The normalized spacial score (nSPS) is 16.5. The third kappa shape index (κ3) is 4.30. The topological polar surface area (TPSA) is 66.8 Å². The molecule has 0 fully saturated rings. The van der Waals surface area contributed by atoms with Crippen molar-refractivity contribution in [2.24, 2.45) is 0 Å². The molecule has 134 valence electrons. The highest BCUT2D eigenvalue weighted by Gasteiger charge is 2.33. The molecule has 0 aromatic heterocycles. The second kappa shape index (κ2) is 7.15. The molecule has 0 bridgehead atoms. The maximum Gasteiger partial charge on any atom is 0.269 e. The summed E-state index contributed by atoms with van der Waals surface area (Å²) in [6, 6.07) is 5.63. The van der Waals surface area contributed by atoms with Crippen molar-refractivity contribution in [3.05, 3.63) is 29.8 Å². The standard InChI is InChI=1S/C18H27NO4S/c1-5-6-7-10-19-17-11-15(23-4)8-9-16(17)14(12-18(19,2)3)13-24(20,21)22/h8-9,11-12H,5-7,10,13H2,1-4H3,(H,20,21,22). The van der Waals surface area contributed by atoms with E-state index in [1.807, 2.05) is 24.3 Å². The van der Waals surface area contributed by atoms with E-state index in [-0.39, 0.29) is 11.3 Å². The molecular weight excluding hydrogens is 326 g/mol. The van der Waals surface area contributed by atoms with Gasteiger partial charge in [0.15, 0.2) is 0 Å². The molecule has 2 rings (SSSR count). The lowest BCUT2D eigenvalue weighted by atomic mass is 9.88. The van der Waals surface area contributed by atoms with Crippen LogP contribution in [0.1, 0.15) is 45.6 Å². The molecule has 1 aliphatic rings. The van der Waals surface area contributed by atoms with Gasteiger partial charge in [0.25, 0.3) is 10.1 Å². The van der Waals surface area contributed by atoms with E-state index in [1.165, 1.54) is 0 Å². The zero-order valence-electron chi connectivity index (χ0n) is 14.9. The third-order valence-corrected chi connectivity index (χ3v) is 5.06. The van der Waals surface area contributed by atoms with Gasteiger partial charge in [-0.1, -0.05) is 25.8 Å². The van der Waals surface area contributed by atoms with E-state index in [0.29, 0.717) is 5.57 Å². The predicted molar refractivity (Wildman–Crippen MR) is 98.3 cm³/mol. The Hall–Kier alpha value is -1.53. The van der Waals surface area contributed by atoms with Crippen LogP contribution >= 0.6 is 0 Å². The Morgan fingerprint density at radius 2 is 1.96 bits per heavy atom. The van der Waals surface area contributed by atoms with Gasteiger partial charge in [-0.2, -0.15) is 8.42 Å². The molecule has 0 aliphatic carbocycles. The number of rotatable bonds is 7. The van der Waals surface area contributed by atoms with E-state index in [4.69, 9.17) is 4.74 Å². The van der Waals surface area contributed by atoms with Gasteiger partial charge in [-0.15, -0.1) is 0 Å². The lowest BCUT2D eigenvalue weighted by Gasteiger charge is -2.44.